The number of ether oxygens (including phenoxy) is 3. The summed E-state index contributed by atoms with van der Waals surface area (Å²) in [4.78, 5) is 16.4. The van der Waals surface area contributed by atoms with E-state index in [9.17, 15) is 4.79 Å². The fraction of sp³-hybridized carbons (Fsp3) is 0.227. The van der Waals surface area contributed by atoms with Gasteiger partial charge < -0.3 is 25.3 Å². The second-order valence-electron chi connectivity index (χ2n) is 6.28. The number of carbonyl (C=O) groups is 1. The van der Waals surface area contributed by atoms with E-state index in [1.54, 1.807) is 62.8 Å². The smallest absolute Gasteiger partial charge is 0.279 e. The van der Waals surface area contributed by atoms with Crippen molar-refractivity contribution in [3.05, 3.63) is 65.9 Å². The Morgan fingerprint density at radius 3 is 2.57 bits per heavy atom. The molecule has 0 aliphatic carbocycles. The number of amidine groups is 1. The Morgan fingerprint density at radius 1 is 1.23 bits per heavy atom. The van der Waals surface area contributed by atoms with Crippen molar-refractivity contribution >= 4 is 11.7 Å². The molecule has 0 bridgehead atoms. The minimum Gasteiger partial charge on any atom is -0.488 e. The van der Waals surface area contributed by atoms with Gasteiger partial charge in [0.05, 0.1) is 18.2 Å². The number of rotatable bonds is 9. The Morgan fingerprint density at radius 2 is 1.93 bits per heavy atom. The SMILES string of the molecule is CN/C=C\C(N)=NC(=O)c1cc(Oc2ccc(C#N)cc2)cc(OC(C)COC)c1. The highest BCUT2D eigenvalue weighted by molar-refractivity contribution is 6.06. The normalized spacial score (nSPS) is 12.3. The molecule has 0 aromatic heterocycles. The minimum absolute atomic E-state index is 0.0583. The Balaban J connectivity index is 2.34. The molecule has 1 atom stereocenters. The van der Waals surface area contributed by atoms with E-state index in [-0.39, 0.29) is 17.5 Å². The number of nitrogens with one attached hydrogen (secondary N) is 1. The fourth-order valence-electron chi connectivity index (χ4n) is 2.44. The largest absolute Gasteiger partial charge is 0.488 e. The summed E-state index contributed by atoms with van der Waals surface area (Å²) in [5.74, 6) is 0.832. The number of benzene rings is 2. The zero-order valence-corrected chi connectivity index (χ0v) is 17.1. The first-order valence-electron chi connectivity index (χ1n) is 9.16. The van der Waals surface area contributed by atoms with E-state index in [1.165, 1.54) is 6.08 Å². The Hall–Kier alpha value is -3.83. The molecule has 0 spiro atoms. The fourth-order valence-corrected chi connectivity index (χ4v) is 2.44. The Bertz CT molecular complexity index is 962. The number of nitriles is 1. The number of methoxy groups -OCH3 is 1. The lowest BCUT2D eigenvalue weighted by atomic mass is 10.2. The van der Waals surface area contributed by atoms with Crippen LogP contribution in [0.25, 0.3) is 0 Å². The van der Waals surface area contributed by atoms with Crippen LogP contribution in [0.3, 0.4) is 0 Å². The summed E-state index contributed by atoms with van der Waals surface area (Å²) in [6, 6.07) is 13.4. The summed E-state index contributed by atoms with van der Waals surface area (Å²) in [7, 11) is 3.29. The molecular formula is C22H24N4O4. The maximum atomic E-state index is 12.6. The second kappa shape index (κ2) is 11.2. The van der Waals surface area contributed by atoms with Crippen LogP contribution >= 0.6 is 0 Å². The molecule has 0 fully saturated rings. The molecule has 0 saturated heterocycles. The monoisotopic (exact) mass is 408 g/mol. The predicted molar refractivity (Wildman–Crippen MR) is 114 cm³/mol. The van der Waals surface area contributed by atoms with Crippen LogP contribution < -0.4 is 20.5 Å². The zero-order valence-electron chi connectivity index (χ0n) is 17.1. The van der Waals surface area contributed by atoms with Crippen LogP contribution in [0.2, 0.25) is 0 Å². The first-order valence-corrected chi connectivity index (χ1v) is 9.16. The van der Waals surface area contributed by atoms with Crippen LogP contribution in [0.1, 0.15) is 22.8 Å². The molecule has 2 rings (SSSR count). The maximum absolute atomic E-state index is 12.6. The summed E-state index contributed by atoms with van der Waals surface area (Å²) in [6.07, 6.45) is 2.81. The van der Waals surface area contributed by atoms with Gasteiger partial charge in [0.15, 0.2) is 0 Å². The topological polar surface area (TPSA) is 119 Å². The molecular weight excluding hydrogens is 384 g/mol. The predicted octanol–water partition coefficient (Wildman–Crippen LogP) is 2.99. The van der Waals surface area contributed by atoms with Crippen molar-refractivity contribution in [2.24, 2.45) is 10.7 Å². The number of aliphatic imine (C=N–C) groups is 1. The summed E-state index contributed by atoms with van der Waals surface area (Å²) < 4.78 is 16.8. The quantitative estimate of drug-likeness (QED) is 0.483. The molecule has 1 amide bonds. The molecule has 2 aromatic carbocycles. The van der Waals surface area contributed by atoms with Crippen LogP contribution in [0.5, 0.6) is 17.2 Å². The number of carbonyl (C=O) groups excluding carboxylic acids is 1. The molecule has 0 aliphatic rings. The van der Waals surface area contributed by atoms with E-state index in [0.29, 0.717) is 29.4 Å². The number of hydrogen-bond acceptors (Lipinski definition) is 6. The number of nitrogens with two attached hydrogens (primary N) is 1. The Labute approximate surface area is 175 Å². The lowest BCUT2D eigenvalue weighted by Crippen LogP contribution is -2.18. The van der Waals surface area contributed by atoms with Gasteiger partial charge in [-0.05, 0) is 55.6 Å². The number of nitrogens with zero attached hydrogens (tertiary/aromatic N) is 2. The van der Waals surface area contributed by atoms with Crippen LogP contribution in [-0.4, -0.2) is 38.6 Å². The third kappa shape index (κ3) is 6.96. The van der Waals surface area contributed by atoms with Crippen LogP contribution in [-0.2, 0) is 4.74 Å². The van der Waals surface area contributed by atoms with Crippen molar-refractivity contribution in [3.8, 4) is 23.3 Å². The molecule has 1 unspecified atom stereocenters. The van der Waals surface area contributed by atoms with Gasteiger partial charge in [0, 0.05) is 25.8 Å². The molecule has 156 valence electrons. The van der Waals surface area contributed by atoms with Crippen molar-refractivity contribution in [2.75, 3.05) is 20.8 Å². The summed E-state index contributed by atoms with van der Waals surface area (Å²) in [5, 5.41) is 11.7. The first-order chi connectivity index (χ1) is 14.4. The maximum Gasteiger partial charge on any atom is 0.279 e. The highest BCUT2D eigenvalue weighted by atomic mass is 16.5. The van der Waals surface area contributed by atoms with E-state index in [0.717, 1.165) is 0 Å². The van der Waals surface area contributed by atoms with E-state index >= 15 is 0 Å². The lowest BCUT2D eigenvalue weighted by Gasteiger charge is -2.16. The molecule has 3 N–H and O–H groups in total. The van der Waals surface area contributed by atoms with Gasteiger partial charge in [-0.3, -0.25) is 4.79 Å². The van der Waals surface area contributed by atoms with Crippen molar-refractivity contribution in [1.29, 1.82) is 5.26 Å². The number of amides is 1. The van der Waals surface area contributed by atoms with Crippen molar-refractivity contribution in [2.45, 2.75) is 13.0 Å². The van der Waals surface area contributed by atoms with Crippen LogP contribution in [0, 0.1) is 11.3 Å². The average Bonchev–Trinajstić information content (AvgIpc) is 2.72. The molecule has 2 aromatic rings. The van der Waals surface area contributed by atoms with Gasteiger partial charge in [-0.1, -0.05) is 0 Å². The molecule has 8 heteroatoms. The lowest BCUT2D eigenvalue weighted by molar-refractivity contribution is 0.0915. The molecule has 0 heterocycles. The standard InChI is InChI=1S/C22H24N4O4/c1-15(14-28-3)29-19-10-17(22(27)26-21(24)8-9-25-2)11-20(12-19)30-18-6-4-16(13-23)5-7-18/h4-12,15,25H,14H2,1-3H3,(H2,24,26,27)/b9-8-. The van der Waals surface area contributed by atoms with E-state index in [4.69, 9.17) is 25.2 Å². The van der Waals surface area contributed by atoms with Gasteiger partial charge in [-0.2, -0.15) is 10.3 Å². The number of hydrogen-bond donors (Lipinski definition) is 2. The molecule has 8 nitrogen and oxygen atoms in total. The van der Waals surface area contributed by atoms with E-state index in [1.807, 2.05) is 13.0 Å². The van der Waals surface area contributed by atoms with Crippen LogP contribution in [0.4, 0.5) is 0 Å². The Kier molecular flexibility index (Phi) is 8.41. The van der Waals surface area contributed by atoms with Gasteiger partial charge in [-0.25, -0.2) is 0 Å². The third-order valence-corrected chi connectivity index (χ3v) is 3.74. The van der Waals surface area contributed by atoms with Gasteiger partial charge in [0.2, 0.25) is 0 Å². The summed E-state index contributed by atoms with van der Waals surface area (Å²) in [5.41, 5.74) is 6.51. The zero-order chi connectivity index (χ0) is 21.9. The minimum atomic E-state index is -0.539. The van der Waals surface area contributed by atoms with Gasteiger partial charge in [0.1, 0.15) is 29.2 Å². The van der Waals surface area contributed by atoms with E-state index in [2.05, 4.69) is 10.3 Å². The van der Waals surface area contributed by atoms with Gasteiger partial charge in [-0.15, -0.1) is 0 Å². The molecule has 0 saturated carbocycles. The molecule has 0 aliphatic heterocycles. The molecule has 0 radical (unpaired) electrons. The second-order valence-corrected chi connectivity index (χ2v) is 6.28. The molecule has 30 heavy (non-hydrogen) atoms. The summed E-state index contributed by atoms with van der Waals surface area (Å²) in [6.45, 7) is 2.22. The van der Waals surface area contributed by atoms with Crippen LogP contribution in [0.15, 0.2) is 59.7 Å². The van der Waals surface area contributed by atoms with Gasteiger partial charge in [0.25, 0.3) is 5.91 Å². The van der Waals surface area contributed by atoms with Crippen molar-refractivity contribution in [1.82, 2.24) is 5.32 Å². The first kappa shape index (κ1) is 22.5. The highest BCUT2D eigenvalue weighted by Crippen LogP contribution is 2.29. The van der Waals surface area contributed by atoms with Crippen molar-refractivity contribution in [3.63, 3.8) is 0 Å². The summed E-state index contributed by atoms with van der Waals surface area (Å²) >= 11 is 0. The average molecular weight is 408 g/mol. The van der Waals surface area contributed by atoms with Crippen molar-refractivity contribution < 1.29 is 19.0 Å². The third-order valence-electron chi connectivity index (χ3n) is 3.74. The van der Waals surface area contributed by atoms with E-state index < -0.39 is 5.91 Å². The van der Waals surface area contributed by atoms with Gasteiger partial charge >= 0.3 is 0 Å². The highest BCUT2D eigenvalue weighted by Gasteiger charge is 2.13.